The van der Waals surface area contributed by atoms with Crippen LogP contribution in [-0.2, 0) is 20.3 Å². The van der Waals surface area contributed by atoms with Crippen LogP contribution in [0.25, 0.3) is 0 Å². The van der Waals surface area contributed by atoms with Crippen molar-refractivity contribution >= 4 is 27.8 Å². The number of anilines is 1. The molecule has 1 fully saturated rings. The van der Waals surface area contributed by atoms with E-state index in [1.54, 1.807) is 20.8 Å². The number of hydrogen-bond acceptors (Lipinski definition) is 5. The van der Waals surface area contributed by atoms with Crippen molar-refractivity contribution in [2.24, 2.45) is 4.99 Å². The van der Waals surface area contributed by atoms with E-state index in [0.29, 0.717) is 0 Å². The highest BCUT2D eigenvalue weighted by atomic mass is 32.2. The summed E-state index contributed by atoms with van der Waals surface area (Å²) in [5.74, 6) is -1.31. The third-order valence-corrected chi connectivity index (χ3v) is 5.70. The normalized spacial score (nSPS) is 24.2. The van der Waals surface area contributed by atoms with Gasteiger partial charge in [0.25, 0.3) is 0 Å². The van der Waals surface area contributed by atoms with Gasteiger partial charge in [-0.2, -0.15) is 0 Å². The second-order valence-corrected chi connectivity index (χ2v) is 9.34. The first kappa shape index (κ1) is 20.0. The minimum absolute atomic E-state index is 0.0612. The molecule has 0 unspecified atom stereocenters. The average molecular weight is 386 g/mol. The summed E-state index contributed by atoms with van der Waals surface area (Å²) < 4.78 is 45.3. The summed E-state index contributed by atoms with van der Waals surface area (Å²) in [6.07, 6.45) is -0.959. The Hall–Kier alpha value is -2.36. The molecule has 0 saturated carbocycles. The lowest BCUT2D eigenvalue weighted by molar-refractivity contribution is 0.0602. The standard InChI is InChI=1S/C16H23FN4O4S/c1-15(2,3)25-14(22)19-13-20-16(4,9-26(23,24)21(13)5)11-8-10(18)6-7-12(11)17/h6-8H,9,18H2,1-5H3,(H,19,20,22)/t16-/m0/s1. The van der Waals surface area contributed by atoms with E-state index in [9.17, 15) is 17.6 Å². The Balaban J connectivity index is 2.49. The molecule has 2 rings (SSSR count). The number of hydrogen-bond donors (Lipinski definition) is 2. The molecular formula is C16H23FN4O4S. The number of carbonyl (C=O) groups is 1. The van der Waals surface area contributed by atoms with Gasteiger partial charge in [-0.25, -0.2) is 21.9 Å². The minimum Gasteiger partial charge on any atom is -0.442 e. The largest absolute Gasteiger partial charge is 0.442 e. The molecule has 0 bridgehead atoms. The number of halogens is 1. The van der Waals surface area contributed by atoms with Gasteiger partial charge in [-0.15, -0.1) is 4.99 Å². The van der Waals surface area contributed by atoms with Crippen molar-refractivity contribution in [1.29, 1.82) is 0 Å². The molecule has 0 aromatic heterocycles. The predicted molar refractivity (Wildman–Crippen MR) is 96.5 cm³/mol. The Labute approximate surface area is 152 Å². The van der Waals surface area contributed by atoms with Gasteiger partial charge in [-0.3, -0.25) is 0 Å². The van der Waals surface area contributed by atoms with Crippen molar-refractivity contribution in [2.45, 2.75) is 38.8 Å². The molecule has 0 aliphatic carbocycles. The summed E-state index contributed by atoms with van der Waals surface area (Å²) in [6.45, 7) is 6.48. The molecule has 0 radical (unpaired) electrons. The molecular weight excluding hydrogens is 363 g/mol. The van der Waals surface area contributed by atoms with Crippen molar-refractivity contribution in [2.75, 3.05) is 18.5 Å². The second-order valence-electron chi connectivity index (χ2n) is 7.34. The Morgan fingerprint density at radius 1 is 1.42 bits per heavy atom. The number of amides is 1. The lowest BCUT2D eigenvalue weighted by atomic mass is 9.93. The van der Waals surface area contributed by atoms with Gasteiger partial charge in [-0.1, -0.05) is 0 Å². The Morgan fingerprint density at radius 2 is 2.04 bits per heavy atom. The number of carbonyl (C=O) groups excluding carboxylic acids is 1. The SMILES string of the molecule is CN1/C(=N/C(=O)OC(C)(C)C)N[C@](C)(c2cc(N)ccc2F)CS1(=O)=O. The number of nitrogens with one attached hydrogen (secondary N) is 1. The fourth-order valence-corrected chi connectivity index (χ4v) is 4.04. The third kappa shape index (κ3) is 4.24. The van der Waals surface area contributed by atoms with E-state index >= 15 is 0 Å². The number of aliphatic imine (C=N–C) groups is 1. The third-order valence-electron chi connectivity index (χ3n) is 3.75. The number of nitrogens with two attached hydrogens (primary N) is 1. The maximum atomic E-state index is 14.3. The fraction of sp³-hybridized carbons (Fsp3) is 0.500. The van der Waals surface area contributed by atoms with E-state index in [2.05, 4.69) is 10.3 Å². The van der Waals surface area contributed by atoms with Crippen molar-refractivity contribution in [1.82, 2.24) is 9.62 Å². The van der Waals surface area contributed by atoms with E-state index in [4.69, 9.17) is 10.5 Å². The molecule has 144 valence electrons. The zero-order chi connectivity index (χ0) is 19.9. The summed E-state index contributed by atoms with van der Waals surface area (Å²) in [5.41, 5.74) is 3.89. The Bertz CT molecular complexity index is 863. The van der Waals surface area contributed by atoms with Crippen LogP contribution in [0, 0.1) is 5.82 Å². The van der Waals surface area contributed by atoms with E-state index in [0.717, 1.165) is 10.4 Å². The van der Waals surface area contributed by atoms with Crippen molar-refractivity contribution in [3.05, 3.63) is 29.6 Å². The van der Waals surface area contributed by atoms with Crippen LogP contribution in [-0.4, -0.2) is 43.2 Å². The van der Waals surface area contributed by atoms with E-state index < -0.39 is 38.8 Å². The number of rotatable bonds is 1. The average Bonchev–Trinajstić information content (AvgIpc) is 2.44. The molecule has 1 heterocycles. The quantitative estimate of drug-likeness (QED) is 0.711. The number of ether oxygens (including phenoxy) is 1. The Morgan fingerprint density at radius 3 is 2.62 bits per heavy atom. The van der Waals surface area contributed by atoms with Crippen molar-refractivity contribution in [3.8, 4) is 0 Å². The topological polar surface area (TPSA) is 114 Å². The molecule has 1 aliphatic rings. The summed E-state index contributed by atoms with van der Waals surface area (Å²) >= 11 is 0. The van der Waals surface area contributed by atoms with Gasteiger partial charge in [-0.05, 0) is 45.9 Å². The highest BCUT2D eigenvalue weighted by molar-refractivity contribution is 7.89. The van der Waals surface area contributed by atoms with Gasteiger partial charge in [0.05, 0.1) is 11.3 Å². The van der Waals surface area contributed by atoms with Gasteiger partial charge in [0.1, 0.15) is 11.4 Å². The molecule has 3 N–H and O–H groups in total. The summed E-state index contributed by atoms with van der Waals surface area (Å²) in [7, 11) is -2.61. The molecule has 1 amide bonds. The van der Waals surface area contributed by atoms with E-state index in [-0.39, 0.29) is 17.2 Å². The highest BCUT2D eigenvalue weighted by Crippen LogP contribution is 2.31. The Kier molecular flexibility index (Phi) is 4.93. The van der Waals surface area contributed by atoms with Gasteiger partial charge in [0.2, 0.25) is 16.0 Å². The summed E-state index contributed by atoms with van der Waals surface area (Å²) in [6, 6.07) is 3.89. The van der Waals surface area contributed by atoms with Crippen LogP contribution in [0.1, 0.15) is 33.3 Å². The van der Waals surface area contributed by atoms with Crippen molar-refractivity contribution < 1.29 is 22.3 Å². The predicted octanol–water partition coefficient (Wildman–Crippen LogP) is 1.78. The number of nitrogens with zero attached hydrogens (tertiary/aromatic N) is 2. The van der Waals surface area contributed by atoms with Crippen LogP contribution in [0.2, 0.25) is 0 Å². The number of guanidine groups is 1. The van der Waals surface area contributed by atoms with Gasteiger partial charge >= 0.3 is 6.09 Å². The minimum atomic E-state index is -3.86. The second kappa shape index (κ2) is 6.42. The highest BCUT2D eigenvalue weighted by Gasteiger charge is 2.44. The van der Waals surface area contributed by atoms with Gasteiger partial charge in [0.15, 0.2) is 0 Å². The first-order valence-electron chi connectivity index (χ1n) is 7.85. The first-order chi connectivity index (χ1) is 11.7. The number of nitrogen functional groups attached to an aromatic ring is 1. The van der Waals surface area contributed by atoms with Crippen molar-refractivity contribution in [3.63, 3.8) is 0 Å². The van der Waals surface area contributed by atoms with Crippen LogP contribution in [0.5, 0.6) is 0 Å². The molecule has 1 saturated heterocycles. The van der Waals surface area contributed by atoms with Crippen LogP contribution < -0.4 is 11.1 Å². The number of benzene rings is 1. The van der Waals surface area contributed by atoms with Crippen LogP contribution in [0.15, 0.2) is 23.2 Å². The first-order valence-corrected chi connectivity index (χ1v) is 9.46. The number of sulfonamides is 1. The molecule has 0 spiro atoms. The molecule has 1 atom stereocenters. The molecule has 1 aromatic rings. The van der Waals surface area contributed by atoms with E-state index in [1.165, 1.54) is 26.1 Å². The monoisotopic (exact) mass is 386 g/mol. The maximum absolute atomic E-state index is 14.3. The molecule has 10 heteroatoms. The van der Waals surface area contributed by atoms with E-state index in [1.807, 2.05) is 0 Å². The van der Waals surface area contributed by atoms with Gasteiger partial charge < -0.3 is 15.8 Å². The van der Waals surface area contributed by atoms with Crippen LogP contribution in [0.4, 0.5) is 14.9 Å². The molecule has 1 aliphatic heterocycles. The lowest BCUT2D eigenvalue weighted by Crippen LogP contribution is -2.61. The molecule has 1 aromatic carbocycles. The van der Waals surface area contributed by atoms with Crippen LogP contribution >= 0.6 is 0 Å². The van der Waals surface area contributed by atoms with Crippen LogP contribution in [0.3, 0.4) is 0 Å². The molecule has 8 nitrogen and oxygen atoms in total. The smallest absolute Gasteiger partial charge is 0.437 e. The summed E-state index contributed by atoms with van der Waals surface area (Å²) in [5, 5.41) is 2.84. The zero-order valence-electron chi connectivity index (χ0n) is 15.3. The maximum Gasteiger partial charge on any atom is 0.437 e. The fourth-order valence-electron chi connectivity index (χ4n) is 2.54. The zero-order valence-corrected chi connectivity index (χ0v) is 16.1. The molecule has 26 heavy (non-hydrogen) atoms. The summed E-state index contributed by atoms with van der Waals surface area (Å²) in [4.78, 5) is 15.7. The lowest BCUT2D eigenvalue weighted by Gasteiger charge is -2.40. The van der Waals surface area contributed by atoms with Gasteiger partial charge in [0, 0.05) is 18.3 Å².